The largest absolute Gasteiger partial charge is 0.366 e. The van der Waals surface area contributed by atoms with Crippen molar-refractivity contribution in [2.45, 2.75) is 16.7 Å². The first-order chi connectivity index (χ1) is 9.82. The summed E-state index contributed by atoms with van der Waals surface area (Å²) in [5.41, 5.74) is 6.25. The number of carbonyl (C=O) groups excluding carboxylic acids is 2. The molecular weight excluding hydrogens is 290 g/mol. The van der Waals surface area contributed by atoms with E-state index in [1.54, 1.807) is 19.1 Å². The molecule has 0 radical (unpaired) electrons. The number of sulfone groups is 1. The van der Waals surface area contributed by atoms with Crippen LogP contribution in [-0.4, -0.2) is 20.1 Å². The van der Waals surface area contributed by atoms with E-state index in [0.717, 1.165) is 11.6 Å². The maximum atomic E-state index is 12.6. The number of hydrogen-bond acceptors (Lipinski definition) is 4. The summed E-state index contributed by atoms with van der Waals surface area (Å²) >= 11 is 0. The Morgan fingerprint density at radius 1 is 1.00 bits per heavy atom. The molecule has 0 atom stereocenters. The number of aryl methyl sites for hydroxylation is 1. The molecule has 0 fully saturated rings. The number of primary amides is 1. The third-order valence-corrected chi connectivity index (χ3v) is 5.32. The van der Waals surface area contributed by atoms with Gasteiger partial charge in [-0.3, -0.25) is 9.59 Å². The normalized spacial score (nSPS) is 15.2. The lowest BCUT2D eigenvalue weighted by Crippen LogP contribution is -2.22. The van der Waals surface area contributed by atoms with Gasteiger partial charge in [-0.15, -0.1) is 0 Å². The standard InChI is InChI=1S/C15H11NO4S/c1-8-2-5-12-11(6-8)14(17)10-4-3-9(15(16)18)7-13(10)21(12,19)20/h2-7H,1H3,(H2,16,18). The van der Waals surface area contributed by atoms with Crippen LogP contribution in [0.2, 0.25) is 0 Å². The minimum atomic E-state index is -3.84. The second-order valence-electron chi connectivity index (χ2n) is 4.91. The molecule has 21 heavy (non-hydrogen) atoms. The number of amides is 1. The average Bonchev–Trinajstić information content (AvgIpc) is 2.44. The van der Waals surface area contributed by atoms with Gasteiger partial charge in [0, 0.05) is 16.7 Å². The summed E-state index contributed by atoms with van der Waals surface area (Å²) in [6.45, 7) is 1.78. The maximum absolute atomic E-state index is 12.6. The summed E-state index contributed by atoms with van der Waals surface area (Å²) in [7, 11) is -3.84. The van der Waals surface area contributed by atoms with Crippen molar-refractivity contribution in [3.05, 3.63) is 58.7 Å². The Bertz CT molecular complexity index is 913. The fourth-order valence-electron chi connectivity index (χ4n) is 2.40. The highest BCUT2D eigenvalue weighted by atomic mass is 32.2. The van der Waals surface area contributed by atoms with Crippen LogP contribution in [0.5, 0.6) is 0 Å². The lowest BCUT2D eigenvalue weighted by atomic mass is 9.99. The van der Waals surface area contributed by atoms with Crippen molar-refractivity contribution in [3.63, 3.8) is 0 Å². The Kier molecular flexibility index (Phi) is 2.74. The zero-order valence-electron chi connectivity index (χ0n) is 11.1. The molecule has 106 valence electrons. The van der Waals surface area contributed by atoms with Gasteiger partial charge in [-0.25, -0.2) is 8.42 Å². The molecule has 0 saturated heterocycles. The molecule has 0 bridgehead atoms. The van der Waals surface area contributed by atoms with Gasteiger partial charge >= 0.3 is 0 Å². The van der Waals surface area contributed by atoms with E-state index in [2.05, 4.69) is 0 Å². The van der Waals surface area contributed by atoms with Crippen LogP contribution in [-0.2, 0) is 9.84 Å². The van der Waals surface area contributed by atoms with Crippen molar-refractivity contribution in [1.82, 2.24) is 0 Å². The Balaban J connectivity index is 2.37. The molecule has 5 nitrogen and oxygen atoms in total. The summed E-state index contributed by atoms with van der Waals surface area (Å²) in [5.74, 6) is -1.11. The van der Waals surface area contributed by atoms with Gasteiger partial charge in [0.05, 0.1) is 9.79 Å². The lowest BCUT2D eigenvalue weighted by molar-refractivity contribution is 0.0995. The first kappa shape index (κ1) is 13.5. The van der Waals surface area contributed by atoms with Gasteiger partial charge in [0.2, 0.25) is 15.7 Å². The fourth-order valence-corrected chi connectivity index (χ4v) is 4.06. The van der Waals surface area contributed by atoms with Crippen LogP contribution < -0.4 is 5.73 Å². The van der Waals surface area contributed by atoms with E-state index in [-0.39, 0.29) is 32.3 Å². The molecule has 0 aromatic heterocycles. The van der Waals surface area contributed by atoms with Gasteiger partial charge in [0.1, 0.15) is 0 Å². The SMILES string of the molecule is Cc1ccc2c(c1)C(=O)c1ccc(C(N)=O)cc1S2(=O)=O. The van der Waals surface area contributed by atoms with E-state index in [1.165, 1.54) is 18.2 Å². The van der Waals surface area contributed by atoms with Gasteiger partial charge < -0.3 is 5.73 Å². The van der Waals surface area contributed by atoms with E-state index in [0.29, 0.717) is 0 Å². The van der Waals surface area contributed by atoms with E-state index in [4.69, 9.17) is 5.73 Å². The Labute approximate surface area is 121 Å². The number of hydrogen-bond donors (Lipinski definition) is 1. The third kappa shape index (κ3) is 1.87. The van der Waals surface area contributed by atoms with Gasteiger partial charge in [-0.2, -0.15) is 0 Å². The van der Waals surface area contributed by atoms with E-state index >= 15 is 0 Å². The maximum Gasteiger partial charge on any atom is 0.248 e. The number of nitrogens with two attached hydrogens (primary N) is 1. The van der Waals surface area contributed by atoms with Gasteiger partial charge in [-0.1, -0.05) is 11.6 Å². The van der Waals surface area contributed by atoms with Crippen molar-refractivity contribution in [2.75, 3.05) is 0 Å². The Hall–Kier alpha value is -2.47. The molecule has 2 aromatic carbocycles. The molecule has 0 aliphatic carbocycles. The van der Waals surface area contributed by atoms with Gasteiger partial charge in [-0.05, 0) is 37.3 Å². The van der Waals surface area contributed by atoms with Crippen LogP contribution in [0.4, 0.5) is 0 Å². The monoisotopic (exact) mass is 301 g/mol. The molecule has 1 aliphatic heterocycles. The first-order valence-electron chi connectivity index (χ1n) is 6.16. The molecule has 6 heteroatoms. The quantitative estimate of drug-likeness (QED) is 0.736. The number of fused-ring (bicyclic) bond motifs is 2. The molecule has 2 N–H and O–H groups in total. The molecule has 2 aromatic rings. The minimum absolute atomic E-state index is 0.0350. The second-order valence-corrected chi connectivity index (χ2v) is 6.79. The first-order valence-corrected chi connectivity index (χ1v) is 7.65. The van der Waals surface area contributed by atoms with Gasteiger partial charge in [0.15, 0.2) is 5.78 Å². The summed E-state index contributed by atoms with van der Waals surface area (Å²) in [5, 5.41) is 0. The Morgan fingerprint density at radius 2 is 1.71 bits per heavy atom. The van der Waals surface area contributed by atoms with Crippen LogP contribution >= 0.6 is 0 Å². The molecule has 0 unspecified atom stereocenters. The highest BCUT2D eigenvalue weighted by Crippen LogP contribution is 2.35. The topological polar surface area (TPSA) is 94.3 Å². The van der Waals surface area contributed by atoms with Crippen LogP contribution in [0, 0.1) is 6.92 Å². The van der Waals surface area contributed by atoms with Crippen molar-refractivity contribution in [2.24, 2.45) is 5.73 Å². The van der Waals surface area contributed by atoms with Crippen molar-refractivity contribution >= 4 is 21.5 Å². The van der Waals surface area contributed by atoms with Crippen molar-refractivity contribution in [3.8, 4) is 0 Å². The highest BCUT2D eigenvalue weighted by Gasteiger charge is 2.35. The van der Waals surface area contributed by atoms with Crippen LogP contribution in [0.15, 0.2) is 46.2 Å². The minimum Gasteiger partial charge on any atom is -0.366 e. The van der Waals surface area contributed by atoms with Crippen LogP contribution in [0.3, 0.4) is 0 Å². The predicted octanol–water partition coefficient (Wildman–Crippen LogP) is 1.47. The molecular formula is C15H11NO4S. The van der Waals surface area contributed by atoms with Crippen molar-refractivity contribution in [1.29, 1.82) is 0 Å². The van der Waals surface area contributed by atoms with E-state index in [9.17, 15) is 18.0 Å². The summed E-state index contributed by atoms with van der Waals surface area (Å²) in [6.07, 6.45) is 0. The molecule has 3 rings (SSSR count). The summed E-state index contributed by atoms with van der Waals surface area (Å²) < 4.78 is 25.2. The van der Waals surface area contributed by atoms with E-state index < -0.39 is 15.7 Å². The molecule has 0 saturated carbocycles. The molecule has 0 spiro atoms. The number of carbonyl (C=O) groups is 2. The molecule has 1 amide bonds. The number of ketones is 1. The molecule has 1 aliphatic rings. The zero-order chi connectivity index (χ0) is 15.4. The van der Waals surface area contributed by atoms with Gasteiger partial charge in [0.25, 0.3) is 0 Å². The van der Waals surface area contributed by atoms with Crippen LogP contribution in [0.1, 0.15) is 31.8 Å². The smallest absolute Gasteiger partial charge is 0.248 e. The Morgan fingerprint density at radius 3 is 2.38 bits per heavy atom. The number of benzene rings is 2. The third-order valence-electron chi connectivity index (χ3n) is 3.47. The zero-order valence-corrected chi connectivity index (χ0v) is 11.9. The van der Waals surface area contributed by atoms with Crippen molar-refractivity contribution < 1.29 is 18.0 Å². The van der Waals surface area contributed by atoms with E-state index in [1.807, 2.05) is 0 Å². The molecule has 1 heterocycles. The average molecular weight is 301 g/mol. The van der Waals surface area contributed by atoms with Crippen LogP contribution in [0.25, 0.3) is 0 Å². The summed E-state index contributed by atoms with van der Waals surface area (Å²) in [6, 6.07) is 8.45. The summed E-state index contributed by atoms with van der Waals surface area (Å²) in [4.78, 5) is 23.5. The number of rotatable bonds is 1. The predicted molar refractivity (Wildman–Crippen MR) is 75.0 cm³/mol. The second kappa shape index (κ2) is 4.26. The highest BCUT2D eigenvalue weighted by molar-refractivity contribution is 7.91. The lowest BCUT2D eigenvalue weighted by Gasteiger charge is -2.19. The fraction of sp³-hybridized carbons (Fsp3) is 0.0667.